The predicted molar refractivity (Wildman–Crippen MR) is 77.5 cm³/mol. The maximum absolute atomic E-state index is 11.4. The number of ether oxygens (including phenoxy) is 1. The summed E-state index contributed by atoms with van der Waals surface area (Å²) in [6.07, 6.45) is 3.39. The maximum atomic E-state index is 11.4. The van der Waals surface area contributed by atoms with Gasteiger partial charge in [0.15, 0.2) is 0 Å². The summed E-state index contributed by atoms with van der Waals surface area (Å²) in [6.45, 7) is 1.41. The number of carbonyl (C=O) groups excluding carboxylic acids is 1. The molecule has 3 rings (SSSR count). The van der Waals surface area contributed by atoms with E-state index in [9.17, 15) is 14.9 Å². The first-order chi connectivity index (χ1) is 10.1. The highest BCUT2D eigenvalue weighted by atomic mass is 16.6. The summed E-state index contributed by atoms with van der Waals surface area (Å²) in [4.78, 5) is 22.1. The zero-order chi connectivity index (χ0) is 14.8. The number of carbonyl (C=O) groups is 1. The van der Waals surface area contributed by atoms with E-state index >= 15 is 0 Å². The van der Waals surface area contributed by atoms with Crippen LogP contribution in [0.2, 0.25) is 0 Å². The van der Waals surface area contributed by atoms with Crippen LogP contribution in [0.15, 0.2) is 12.1 Å². The van der Waals surface area contributed by atoms with E-state index in [1.165, 1.54) is 6.07 Å². The first-order valence-corrected chi connectivity index (χ1v) is 7.10. The van der Waals surface area contributed by atoms with E-state index in [0.29, 0.717) is 23.5 Å². The highest BCUT2D eigenvalue weighted by Crippen LogP contribution is 2.34. The Balaban J connectivity index is 1.72. The molecular formula is C14H17N3O4. The maximum Gasteiger partial charge on any atom is 0.292 e. The molecule has 0 bridgehead atoms. The van der Waals surface area contributed by atoms with Crippen LogP contribution in [0.5, 0.6) is 0 Å². The lowest BCUT2D eigenvalue weighted by Gasteiger charge is -2.12. The van der Waals surface area contributed by atoms with Crippen molar-refractivity contribution >= 4 is 23.0 Å². The molecule has 1 saturated heterocycles. The van der Waals surface area contributed by atoms with Crippen molar-refractivity contribution in [3.05, 3.63) is 27.8 Å². The van der Waals surface area contributed by atoms with Gasteiger partial charge in [-0.2, -0.15) is 0 Å². The van der Waals surface area contributed by atoms with Crippen LogP contribution < -0.4 is 10.6 Å². The SMILES string of the molecule is O=C1Cc2cc([N+](=O)[O-])c(NCCC3CCCO3)cc2N1. The Hall–Kier alpha value is -2.15. The van der Waals surface area contributed by atoms with Gasteiger partial charge in [0.2, 0.25) is 5.91 Å². The third kappa shape index (κ3) is 2.97. The first kappa shape index (κ1) is 13.8. The molecule has 1 aromatic rings. The molecule has 2 N–H and O–H groups in total. The Bertz CT molecular complexity index is 582. The molecule has 1 atom stereocenters. The topological polar surface area (TPSA) is 93.5 Å². The lowest BCUT2D eigenvalue weighted by atomic mass is 10.1. The van der Waals surface area contributed by atoms with Crippen LogP contribution in [0.1, 0.15) is 24.8 Å². The molecule has 2 heterocycles. The summed E-state index contributed by atoms with van der Waals surface area (Å²) < 4.78 is 5.53. The van der Waals surface area contributed by atoms with E-state index < -0.39 is 4.92 Å². The number of nitro groups is 1. The number of benzene rings is 1. The molecule has 0 aliphatic carbocycles. The number of anilines is 2. The number of fused-ring (bicyclic) bond motifs is 1. The van der Waals surface area contributed by atoms with E-state index in [1.807, 2.05) is 0 Å². The summed E-state index contributed by atoms with van der Waals surface area (Å²) >= 11 is 0. The van der Waals surface area contributed by atoms with Gasteiger partial charge in [0, 0.05) is 24.9 Å². The molecule has 112 valence electrons. The van der Waals surface area contributed by atoms with Gasteiger partial charge in [-0.25, -0.2) is 0 Å². The fourth-order valence-corrected chi connectivity index (χ4v) is 2.79. The number of hydrogen-bond donors (Lipinski definition) is 2. The number of amides is 1. The second kappa shape index (κ2) is 5.69. The Morgan fingerprint density at radius 2 is 2.33 bits per heavy atom. The lowest BCUT2D eigenvalue weighted by Crippen LogP contribution is -2.13. The molecule has 7 nitrogen and oxygen atoms in total. The zero-order valence-corrected chi connectivity index (χ0v) is 11.6. The molecule has 2 aliphatic heterocycles. The molecule has 1 fully saturated rings. The fraction of sp³-hybridized carbons (Fsp3) is 0.500. The second-order valence-electron chi connectivity index (χ2n) is 5.36. The van der Waals surface area contributed by atoms with Crippen molar-refractivity contribution in [2.45, 2.75) is 31.8 Å². The molecule has 0 saturated carbocycles. The summed E-state index contributed by atoms with van der Waals surface area (Å²) in [5, 5.41) is 17.0. The van der Waals surface area contributed by atoms with Crippen LogP contribution in [-0.2, 0) is 16.0 Å². The van der Waals surface area contributed by atoms with Crippen molar-refractivity contribution in [1.82, 2.24) is 0 Å². The number of nitro benzene ring substituents is 1. The molecule has 1 amide bonds. The van der Waals surface area contributed by atoms with E-state index in [-0.39, 0.29) is 24.1 Å². The van der Waals surface area contributed by atoms with Crippen molar-refractivity contribution in [1.29, 1.82) is 0 Å². The molecule has 0 radical (unpaired) electrons. The van der Waals surface area contributed by atoms with Crippen LogP contribution in [0.3, 0.4) is 0 Å². The molecule has 0 aromatic heterocycles. The Morgan fingerprint density at radius 1 is 1.48 bits per heavy atom. The average Bonchev–Trinajstić information content (AvgIpc) is 3.05. The van der Waals surface area contributed by atoms with Gasteiger partial charge in [-0.15, -0.1) is 0 Å². The van der Waals surface area contributed by atoms with E-state index in [4.69, 9.17) is 4.74 Å². The number of hydrogen-bond acceptors (Lipinski definition) is 5. The molecule has 2 aliphatic rings. The van der Waals surface area contributed by atoms with E-state index in [0.717, 1.165) is 25.9 Å². The average molecular weight is 291 g/mol. The standard InChI is InChI=1S/C14H17N3O4/c18-14-7-9-6-13(17(19)20)12(8-11(9)16-14)15-4-3-10-2-1-5-21-10/h6,8,10,15H,1-5,7H2,(H,16,18). The second-order valence-corrected chi connectivity index (χ2v) is 5.36. The van der Waals surface area contributed by atoms with E-state index in [2.05, 4.69) is 10.6 Å². The van der Waals surface area contributed by atoms with Gasteiger partial charge in [-0.05, 0) is 30.9 Å². The largest absolute Gasteiger partial charge is 0.379 e. The molecule has 21 heavy (non-hydrogen) atoms. The third-order valence-electron chi connectivity index (χ3n) is 3.85. The molecule has 0 spiro atoms. The Kier molecular flexibility index (Phi) is 3.74. The van der Waals surface area contributed by atoms with Crippen LogP contribution in [0.25, 0.3) is 0 Å². The summed E-state index contributed by atoms with van der Waals surface area (Å²) in [7, 11) is 0. The van der Waals surface area contributed by atoms with Gasteiger partial charge in [0.05, 0.1) is 17.4 Å². The Morgan fingerprint density at radius 3 is 3.05 bits per heavy atom. The van der Waals surface area contributed by atoms with Gasteiger partial charge in [-0.1, -0.05) is 0 Å². The van der Waals surface area contributed by atoms with Crippen LogP contribution >= 0.6 is 0 Å². The van der Waals surface area contributed by atoms with Crippen molar-refractivity contribution in [2.24, 2.45) is 0 Å². The quantitative estimate of drug-likeness (QED) is 0.640. The summed E-state index contributed by atoms with van der Waals surface area (Å²) in [5.74, 6) is -0.129. The minimum Gasteiger partial charge on any atom is -0.379 e. The van der Waals surface area contributed by atoms with Crippen molar-refractivity contribution in [2.75, 3.05) is 23.8 Å². The van der Waals surface area contributed by atoms with Gasteiger partial charge in [0.25, 0.3) is 5.69 Å². The van der Waals surface area contributed by atoms with Gasteiger partial charge in [-0.3, -0.25) is 14.9 Å². The van der Waals surface area contributed by atoms with Gasteiger partial charge < -0.3 is 15.4 Å². The van der Waals surface area contributed by atoms with Crippen molar-refractivity contribution in [3.8, 4) is 0 Å². The minimum atomic E-state index is -0.419. The number of nitrogens with zero attached hydrogens (tertiary/aromatic N) is 1. The Labute approximate surface area is 121 Å². The summed E-state index contributed by atoms with van der Waals surface area (Å²) in [6, 6.07) is 3.12. The fourth-order valence-electron chi connectivity index (χ4n) is 2.79. The van der Waals surface area contributed by atoms with E-state index in [1.54, 1.807) is 6.07 Å². The monoisotopic (exact) mass is 291 g/mol. The zero-order valence-electron chi connectivity index (χ0n) is 11.6. The lowest BCUT2D eigenvalue weighted by molar-refractivity contribution is -0.384. The van der Waals surface area contributed by atoms with Crippen LogP contribution in [0, 0.1) is 10.1 Å². The van der Waals surface area contributed by atoms with Crippen LogP contribution in [-0.4, -0.2) is 30.1 Å². The summed E-state index contributed by atoms with van der Waals surface area (Å²) in [5.41, 5.74) is 1.79. The van der Waals surface area contributed by atoms with Crippen molar-refractivity contribution < 1.29 is 14.5 Å². The highest BCUT2D eigenvalue weighted by Gasteiger charge is 2.24. The molecule has 1 aromatic carbocycles. The highest BCUT2D eigenvalue weighted by molar-refractivity contribution is 6.00. The van der Waals surface area contributed by atoms with Crippen LogP contribution in [0.4, 0.5) is 17.1 Å². The predicted octanol–water partition coefficient (Wildman–Crippen LogP) is 2.07. The molecule has 7 heteroatoms. The number of rotatable bonds is 5. The third-order valence-corrected chi connectivity index (χ3v) is 3.85. The van der Waals surface area contributed by atoms with Gasteiger partial charge >= 0.3 is 0 Å². The minimum absolute atomic E-state index is 0.0117. The molecular weight excluding hydrogens is 274 g/mol. The molecule has 1 unspecified atom stereocenters. The number of nitrogens with one attached hydrogen (secondary N) is 2. The first-order valence-electron chi connectivity index (χ1n) is 7.10. The normalized spacial score (nSPS) is 20.2. The van der Waals surface area contributed by atoms with Crippen molar-refractivity contribution in [3.63, 3.8) is 0 Å². The van der Waals surface area contributed by atoms with Gasteiger partial charge in [0.1, 0.15) is 5.69 Å². The smallest absolute Gasteiger partial charge is 0.292 e.